The van der Waals surface area contributed by atoms with Gasteiger partial charge in [0, 0.05) is 45.6 Å². The molecule has 13 heteroatoms. The number of likely N-dealkylation sites (N-methyl/N-ethyl adjacent to an activating group) is 1. The minimum Gasteiger partial charge on any atom is -0.477 e. The van der Waals surface area contributed by atoms with Gasteiger partial charge in [-0.05, 0) is 82.5 Å². The van der Waals surface area contributed by atoms with Gasteiger partial charge in [-0.1, -0.05) is 6.07 Å². The number of hydrogen-bond acceptors (Lipinski definition) is 7. The molecule has 0 bridgehead atoms. The summed E-state index contributed by atoms with van der Waals surface area (Å²) in [5.41, 5.74) is -0.864. The second-order valence-electron chi connectivity index (χ2n) is 12.1. The number of nitrogens with one attached hydrogen (secondary N) is 1. The topological polar surface area (TPSA) is 96.9 Å². The molecule has 1 fully saturated rings. The van der Waals surface area contributed by atoms with Crippen molar-refractivity contribution in [3.05, 3.63) is 71.8 Å². The van der Waals surface area contributed by atoms with E-state index in [0.29, 0.717) is 35.4 Å². The number of ether oxygens (including phenoxy) is 2. The fraction of sp³-hybridized carbons (Fsp3) is 0.455. The highest BCUT2D eigenvalue weighted by Gasteiger charge is 2.44. The van der Waals surface area contributed by atoms with Crippen LogP contribution in [-0.2, 0) is 21.1 Å². The first-order valence-electron chi connectivity index (χ1n) is 15.0. The minimum absolute atomic E-state index is 0.0366. The molecule has 0 atom stereocenters. The standard InChI is InChI=1S/C33H39F4N5O4/c1-6-45-28-24(8-7-15-38-28)26-11-9-23(21-40-26)32(29(43)39-16-19-41(5)30(44)46-31(2,3)4)13-17-42(18-14-32)27-12-10-22(20-25(27)34)33(35,36)37/h7-12,15,20-21H,6,13-14,16-19H2,1-5H3,(H,39,43). The van der Waals surface area contributed by atoms with Crippen molar-refractivity contribution in [1.29, 1.82) is 0 Å². The van der Waals surface area contributed by atoms with Crippen molar-refractivity contribution < 1.29 is 36.6 Å². The average molecular weight is 646 g/mol. The SMILES string of the molecule is CCOc1ncccc1-c1ccc(C2(C(=O)NCCN(C)C(=O)OC(C)(C)C)CCN(c3ccc(C(F)(F)F)cc3F)CC2)cn1. The normalized spacial score (nSPS) is 14.8. The van der Waals surface area contributed by atoms with Crippen LogP contribution in [0.2, 0.25) is 0 Å². The van der Waals surface area contributed by atoms with Crippen LogP contribution in [0.25, 0.3) is 11.3 Å². The smallest absolute Gasteiger partial charge is 0.416 e. The predicted molar refractivity (Wildman–Crippen MR) is 165 cm³/mol. The largest absolute Gasteiger partial charge is 0.477 e. The number of halogens is 4. The molecule has 2 aromatic heterocycles. The van der Waals surface area contributed by atoms with Crippen LogP contribution in [-0.4, -0.2) is 72.3 Å². The van der Waals surface area contributed by atoms with Crippen molar-refractivity contribution in [3.8, 4) is 17.1 Å². The third kappa shape index (κ3) is 8.04. The van der Waals surface area contributed by atoms with E-state index < -0.39 is 34.7 Å². The van der Waals surface area contributed by atoms with Gasteiger partial charge in [-0.2, -0.15) is 13.2 Å². The molecule has 1 N–H and O–H groups in total. The summed E-state index contributed by atoms with van der Waals surface area (Å²) in [5.74, 6) is -0.855. The predicted octanol–water partition coefficient (Wildman–Crippen LogP) is 6.22. The summed E-state index contributed by atoms with van der Waals surface area (Å²) in [4.78, 5) is 38.2. The quantitative estimate of drug-likeness (QED) is 0.276. The summed E-state index contributed by atoms with van der Waals surface area (Å²) < 4.78 is 65.2. The first-order chi connectivity index (χ1) is 21.6. The molecule has 0 spiro atoms. The maximum absolute atomic E-state index is 14.9. The van der Waals surface area contributed by atoms with Crippen LogP contribution < -0.4 is 15.0 Å². The first-order valence-corrected chi connectivity index (χ1v) is 15.0. The van der Waals surface area contributed by atoms with Crippen LogP contribution in [0.1, 0.15) is 51.7 Å². The Kier molecular flexibility index (Phi) is 10.4. The number of hydrogen-bond donors (Lipinski definition) is 1. The molecule has 0 radical (unpaired) electrons. The average Bonchev–Trinajstić information content (AvgIpc) is 3.00. The Balaban J connectivity index is 1.57. The Labute approximate surface area is 265 Å². The molecule has 248 valence electrons. The molecule has 4 rings (SSSR count). The lowest BCUT2D eigenvalue weighted by atomic mass is 9.72. The molecule has 0 saturated carbocycles. The molecule has 3 heterocycles. The van der Waals surface area contributed by atoms with Crippen LogP contribution in [0.3, 0.4) is 0 Å². The molecule has 1 saturated heterocycles. The van der Waals surface area contributed by atoms with Gasteiger partial charge >= 0.3 is 12.3 Å². The van der Waals surface area contributed by atoms with Crippen LogP contribution in [0, 0.1) is 5.82 Å². The number of carbonyl (C=O) groups is 2. The van der Waals surface area contributed by atoms with Gasteiger partial charge < -0.3 is 24.6 Å². The maximum Gasteiger partial charge on any atom is 0.416 e. The minimum atomic E-state index is -4.66. The van der Waals surface area contributed by atoms with Crippen molar-refractivity contribution in [2.75, 3.05) is 44.7 Å². The van der Waals surface area contributed by atoms with Crippen LogP contribution in [0.5, 0.6) is 5.88 Å². The van der Waals surface area contributed by atoms with Gasteiger partial charge in [0.25, 0.3) is 0 Å². The second kappa shape index (κ2) is 13.9. The zero-order chi connectivity index (χ0) is 33.7. The van der Waals surface area contributed by atoms with Crippen molar-refractivity contribution >= 4 is 17.7 Å². The van der Waals surface area contributed by atoms with E-state index in [4.69, 9.17) is 9.47 Å². The number of amides is 2. The summed E-state index contributed by atoms with van der Waals surface area (Å²) in [5, 5.41) is 2.94. The third-order valence-electron chi connectivity index (χ3n) is 7.75. The van der Waals surface area contributed by atoms with E-state index in [1.807, 2.05) is 19.1 Å². The molecule has 1 aromatic carbocycles. The van der Waals surface area contributed by atoms with E-state index >= 15 is 0 Å². The van der Waals surface area contributed by atoms with E-state index in [9.17, 15) is 27.2 Å². The summed E-state index contributed by atoms with van der Waals surface area (Å²) >= 11 is 0. The number of aromatic nitrogens is 2. The Morgan fingerprint density at radius 3 is 2.37 bits per heavy atom. The fourth-order valence-corrected chi connectivity index (χ4v) is 5.33. The number of alkyl halides is 3. The lowest BCUT2D eigenvalue weighted by Crippen LogP contribution is -2.53. The highest BCUT2D eigenvalue weighted by Crippen LogP contribution is 2.40. The number of carbonyl (C=O) groups excluding carboxylic acids is 2. The highest BCUT2D eigenvalue weighted by atomic mass is 19.4. The van der Waals surface area contributed by atoms with E-state index in [-0.39, 0.29) is 50.6 Å². The molecule has 1 aliphatic heterocycles. The molecule has 46 heavy (non-hydrogen) atoms. The second-order valence-corrected chi connectivity index (χ2v) is 12.1. The Bertz CT molecular complexity index is 1520. The fourth-order valence-electron chi connectivity index (χ4n) is 5.33. The zero-order valence-corrected chi connectivity index (χ0v) is 26.6. The molecule has 3 aromatic rings. The Morgan fingerprint density at radius 1 is 1.07 bits per heavy atom. The summed E-state index contributed by atoms with van der Waals surface area (Å²) in [6.07, 6.45) is -1.47. The van der Waals surface area contributed by atoms with E-state index in [1.165, 1.54) is 4.90 Å². The van der Waals surface area contributed by atoms with Crippen molar-refractivity contribution in [2.24, 2.45) is 0 Å². The van der Waals surface area contributed by atoms with Gasteiger partial charge in [0.15, 0.2) is 0 Å². The molecule has 2 amide bonds. The van der Waals surface area contributed by atoms with Crippen LogP contribution >= 0.6 is 0 Å². The number of benzene rings is 1. The summed E-state index contributed by atoms with van der Waals surface area (Å²) in [6, 6.07) is 9.66. The summed E-state index contributed by atoms with van der Waals surface area (Å²) in [7, 11) is 1.57. The Hall–Kier alpha value is -4.42. The highest BCUT2D eigenvalue weighted by molar-refractivity contribution is 5.89. The lowest BCUT2D eigenvalue weighted by molar-refractivity contribution is -0.137. The maximum atomic E-state index is 14.9. The summed E-state index contributed by atoms with van der Waals surface area (Å²) in [6.45, 7) is 8.30. The number of anilines is 1. The van der Waals surface area contributed by atoms with Crippen molar-refractivity contribution in [1.82, 2.24) is 20.2 Å². The van der Waals surface area contributed by atoms with Crippen LogP contribution in [0.15, 0.2) is 54.9 Å². The monoisotopic (exact) mass is 645 g/mol. The molecule has 0 unspecified atom stereocenters. The van der Waals surface area contributed by atoms with E-state index in [2.05, 4.69) is 15.3 Å². The van der Waals surface area contributed by atoms with E-state index in [1.54, 1.807) is 57.2 Å². The number of pyridine rings is 2. The zero-order valence-electron chi connectivity index (χ0n) is 26.6. The van der Waals surface area contributed by atoms with Gasteiger partial charge in [0.2, 0.25) is 11.8 Å². The van der Waals surface area contributed by atoms with Gasteiger partial charge in [-0.25, -0.2) is 14.2 Å². The van der Waals surface area contributed by atoms with E-state index in [0.717, 1.165) is 12.1 Å². The molecule has 1 aliphatic rings. The molecular weight excluding hydrogens is 606 g/mol. The van der Waals surface area contributed by atoms with Gasteiger partial charge in [-0.15, -0.1) is 0 Å². The van der Waals surface area contributed by atoms with Crippen LogP contribution in [0.4, 0.5) is 28.0 Å². The lowest BCUT2D eigenvalue weighted by Gasteiger charge is -2.42. The number of piperidine rings is 1. The third-order valence-corrected chi connectivity index (χ3v) is 7.75. The first kappa shape index (κ1) is 34.5. The van der Waals surface area contributed by atoms with Crippen molar-refractivity contribution in [2.45, 2.75) is 57.7 Å². The molecular formula is C33H39F4N5O4. The molecule has 0 aliphatic carbocycles. The van der Waals surface area contributed by atoms with Gasteiger partial charge in [0.1, 0.15) is 11.4 Å². The molecule has 9 nitrogen and oxygen atoms in total. The van der Waals surface area contributed by atoms with Gasteiger partial charge in [0.05, 0.1) is 34.5 Å². The Morgan fingerprint density at radius 2 is 1.78 bits per heavy atom. The number of rotatable bonds is 9. The number of nitrogens with zero attached hydrogens (tertiary/aromatic N) is 4. The van der Waals surface area contributed by atoms with Crippen molar-refractivity contribution in [3.63, 3.8) is 0 Å². The van der Waals surface area contributed by atoms with Gasteiger partial charge in [-0.3, -0.25) is 9.78 Å².